The zero-order chi connectivity index (χ0) is 12.5. The second-order valence-corrected chi connectivity index (χ2v) is 5.43. The molecule has 0 bridgehead atoms. The Morgan fingerprint density at radius 2 is 1.56 bits per heavy atom. The van der Waals surface area contributed by atoms with Gasteiger partial charge in [-0.25, -0.2) is 0 Å². The van der Waals surface area contributed by atoms with Gasteiger partial charge in [0.25, 0.3) is 0 Å². The summed E-state index contributed by atoms with van der Waals surface area (Å²) in [6.07, 6.45) is -0.325. The van der Waals surface area contributed by atoms with E-state index in [9.17, 15) is 0 Å². The molecule has 0 aliphatic heterocycles. The van der Waals surface area contributed by atoms with E-state index in [-0.39, 0.29) is 11.6 Å². The summed E-state index contributed by atoms with van der Waals surface area (Å²) in [5.74, 6) is 0. The van der Waals surface area contributed by atoms with E-state index in [1.54, 1.807) is 7.11 Å². The van der Waals surface area contributed by atoms with E-state index < -0.39 is 0 Å². The van der Waals surface area contributed by atoms with Crippen LogP contribution in [0.3, 0.4) is 0 Å². The van der Waals surface area contributed by atoms with Gasteiger partial charge in [-0.3, -0.25) is 0 Å². The van der Waals surface area contributed by atoms with Crippen LogP contribution in [-0.4, -0.2) is 7.11 Å². The molecule has 2 nitrogen and oxygen atoms in total. The van der Waals surface area contributed by atoms with Crippen LogP contribution in [0.5, 0.6) is 0 Å². The van der Waals surface area contributed by atoms with E-state index in [0.717, 1.165) is 5.56 Å². The van der Waals surface area contributed by atoms with Gasteiger partial charge in [-0.2, -0.15) is 0 Å². The van der Waals surface area contributed by atoms with E-state index >= 15 is 0 Å². The van der Waals surface area contributed by atoms with Gasteiger partial charge in [0, 0.05) is 12.7 Å². The minimum Gasteiger partial charge on any atom is -0.363 e. The summed E-state index contributed by atoms with van der Waals surface area (Å²) in [6.45, 7) is 10.8. The van der Waals surface area contributed by atoms with Crippen LogP contribution >= 0.6 is 0 Å². The summed E-state index contributed by atoms with van der Waals surface area (Å²) in [5.41, 5.74) is 11.0. The van der Waals surface area contributed by atoms with Gasteiger partial charge in [-0.05, 0) is 36.0 Å². The lowest BCUT2D eigenvalue weighted by atomic mass is 9.83. The van der Waals surface area contributed by atoms with Crippen molar-refractivity contribution in [2.75, 3.05) is 7.11 Å². The summed E-state index contributed by atoms with van der Waals surface area (Å²) in [7, 11) is 1.64. The largest absolute Gasteiger partial charge is 0.363 e. The van der Waals surface area contributed by atoms with E-state index in [4.69, 9.17) is 10.5 Å². The van der Waals surface area contributed by atoms with Crippen LogP contribution in [0.2, 0.25) is 0 Å². The van der Waals surface area contributed by atoms with Crippen molar-refractivity contribution >= 4 is 0 Å². The second kappa shape index (κ2) is 4.56. The fourth-order valence-electron chi connectivity index (χ4n) is 1.97. The average molecular weight is 221 g/mol. The molecule has 2 heteroatoms. The fourth-order valence-corrected chi connectivity index (χ4v) is 1.97. The quantitative estimate of drug-likeness (QED) is 0.778. The van der Waals surface area contributed by atoms with Gasteiger partial charge < -0.3 is 10.5 Å². The monoisotopic (exact) mass is 221 g/mol. The molecule has 0 spiro atoms. The Morgan fingerprint density at radius 3 is 1.88 bits per heavy atom. The van der Waals surface area contributed by atoms with Crippen molar-refractivity contribution in [1.82, 2.24) is 0 Å². The maximum Gasteiger partial charge on any atom is 0.131 e. The third-order valence-electron chi connectivity index (χ3n) is 3.00. The predicted molar refractivity (Wildman–Crippen MR) is 68.6 cm³/mol. The average Bonchev–Trinajstić information content (AvgIpc) is 2.14. The number of nitrogens with two attached hydrogens (primary N) is 1. The Balaban J connectivity index is 3.28. The van der Waals surface area contributed by atoms with Crippen LogP contribution in [0.4, 0.5) is 0 Å². The molecule has 0 saturated heterocycles. The van der Waals surface area contributed by atoms with Crippen LogP contribution in [0, 0.1) is 13.8 Å². The van der Waals surface area contributed by atoms with Crippen molar-refractivity contribution in [2.24, 2.45) is 5.73 Å². The van der Waals surface area contributed by atoms with Crippen molar-refractivity contribution in [3.63, 3.8) is 0 Å². The SMILES string of the molecule is COC(N)c1c(C)cc(C(C)(C)C)cc1C. The molecular formula is C14H23NO. The van der Waals surface area contributed by atoms with Crippen molar-refractivity contribution in [1.29, 1.82) is 0 Å². The number of rotatable bonds is 2. The van der Waals surface area contributed by atoms with Crippen LogP contribution in [-0.2, 0) is 10.2 Å². The predicted octanol–water partition coefficient (Wildman–Crippen LogP) is 3.20. The third kappa shape index (κ3) is 2.63. The van der Waals surface area contributed by atoms with Crippen molar-refractivity contribution < 1.29 is 4.74 Å². The van der Waals surface area contributed by atoms with Crippen LogP contribution in [0.15, 0.2) is 12.1 Å². The summed E-state index contributed by atoms with van der Waals surface area (Å²) < 4.78 is 5.20. The zero-order valence-corrected chi connectivity index (χ0v) is 11.2. The minimum absolute atomic E-state index is 0.172. The lowest BCUT2D eigenvalue weighted by Crippen LogP contribution is -2.18. The highest BCUT2D eigenvalue weighted by molar-refractivity contribution is 5.41. The molecule has 1 aromatic rings. The number of aryl methyl sites for hydroxylation is 2. The number of methoxy groups -OCH3 is 1. The highest BCUT2D eigenvalue weighted by Gasteiger charge is 2.18. The Bertz CT molecular complexity index is 354. The van der Waals surface area contributed by atoms with Gasteiger partial charge in [0.05, 0.1) is 0 Å². The highest BCUT2D eigenvalue weighted by Crippen LogP contribution is 2.29. The molecule has 0 aromatic heterocycles. The first kappa shape index (κ1) is 13.2. The molecule has 0 amide bonds. The molecule has 0 saturated carbocycles. The number of hydrogen-bond donors (Lipinski definition) is 1. The fraction of sp³-hybridized carbons (Fsp3) is 0.571. The van der Waals surface area contributed by atoms with Crippen LogP contribution < -0.4 is 5.73 Å². The molecule has 1 atom stereocenters. The first-order chi connectivity index (χ1) is 7.27. The first-order valence-electron chi connectivity index (χ1n) is 5.67. The Labute approximate surface area is 98.8 Å². The topological polar surface area (TPSA) is 35.2 Å². The molecule has 1 aromatic carbocycles. The van der Waals surface area contributed by atoms with E-state index in [1.165, 1.54) is 16.7 Å². The van der Waals surface area contributed by atoms with E-state index in [0.29, 0.717) is 0 Å². The Kier molecular flexibility index (Phi) is 3.76. The normalized spacial score (nSPS) is 13.9. The number of hydrogen-bond acceptors (Lipinski definition) is 2. The first-order valence-corrected chi connectivity index (χ1v) is 5.67. The Hall–Kier alpha value is -0.860. The van der Waals surface area contributed by atoms with Gasteiger partial charge in [0.1, 0.15) is 6.23 Å². The maximum atomic E-state index is 5.93. The molecule has 16 heavy (non-hydrogen) atoms. The van der Waals surface area contributed by atoms with Crippen LogP contribution in [0.1, 0.15) is 49.3 Å². The molecule has 90 valence electrons. The molecule has 0 heterocycles. The lowest BCUT2D eigenvalue weighted by molar-refractivity contribution is 0.108. The molecule has 0 aliphatic rings. The van der Waals surface area contributed by atoms with Crippen molar-refractivity contribution in [2.45, 2.75) is 46.3 Å². The van der Waals surface area contributed by atoms with Gasteiger partial charge >= 0.3 is 0 Å². The van der Waals surface area contributed by atoms with Gasteiger partial charge in [0.15, 0.2) is 0 Å². The smallest absolute Gasteiger partial charge is 0.131 e. The molecule has 0 aliphatic carbocycles. The third-order valence-corrected chi connectivity index (χ3v) is 3.00. The summed E-state index contributed by atoms with van der Waals surface area (Å²) in [5, 5.41) is 0. The molecule has 1 unspecified atom stereocenters. The Morgan fingerprint density at radius 1 is 1.12 bits per heavy atom. The molecule has 0 fully saturated rings. The molecule has 2 N–H and O–H groups in total. The number of benzene rings is 1. The standard InChI is InChI=1S/C14H23NO/c1-9-7-11(14(3,4)5)8-10(2)12(9)13(15)16-6/h7-8,13H,15H2,1-6H3. The summed E-state index contributed by atoms with van der Waals surface area (Å²) >= 11 is 0. The maximum absolute atomic E-state index is 5.93. The summed E-state index contributed by atoms with van der Waals surface area (Å²) in [6, 6.07) is 4.42. The van der Waals surface area contributed by atoms with E-state index in [1.807, 2.05) is 0 Å². The molecular weight excluding hydrogens is 198 g/mol. The highest BCUT2D eigenvalue weighted by atomic mass is 16.5. The van der Waals surface area contributed by atoms with Crippen LogP contribution in [0.25, 0.3) is 0 Å². The number of ether oxygens (including phenoxy) is 1. The second-order valence-electron chi connectivity index (χ2n) is 5.43. The minimum atomic E-state index is -0.325. The summed E-state index contributed by atoms with van der Waals surface area (Å²) in [4.78, 5) is 0. The molecule has 1 rings (SSSR count). The van der Waals surface area contributed by atoms with Gasteiger partial charge in [-0.1, -0.05) is 32.9 Å². The molecule has 0 radical (unpaired) electrons. The van der Waals surface area contributed by atoms with Gasteiger partial charge in [-0.15, -0.1) is 0 Å². The van der Waals surface area contributed by atoms with Crippen molar-refractivity contribution in [3.05, 3.63) is 34.4 Å². The van der Waals surface area contributed by atoms with E-state index in [2.05, 4.69) is 46.8 Å². The van der Waals surface area contributed by atoms with Crippen molar-refractivity contribution in [3.8, 4) is 0 Å². The lowest BCUT2D eigenvalue weighted by Gasteiger charge is -2.24. The zero-order valence-electron chi connectivity index (χ0n) is 11.2. The van der Waals surface area contributed by atoms with Gasteiger partial charge in [0.2, 0.25) is 0 Å².